The van der Waals surface area contributed by atoms with Crippen LogP contribution in [0.5, 0.6) is 11.5 Å². The van der Waals surface area contributed by atoms with Gasteiger partial charge in [0.1, 0.15) is 11.5 Å². The summed E-state index contributed by atoms with van der Waals surface area (Å²) >= 11 is 0. The van der Waals surface area contributed by atoms with Crippen molar-refractivity contribution in [1.29, 1.82) is 0 Å². The lowest BCUT2D eigenvalue weighted by Gasteiger charge is -2.36. The van der Waals surface area contributed by atoms with E-state index in [1.54, 1.807) is 20.4 Å². The molecule has 0 saturated carbocycles. The molecule has 0 spiro atoms. The van der Waals surface area contributed by atoms with Crippen LogP contribution in [0, 0.1) is 5.82 Å². The number of nitrogens with one attached hydrogen (secondary N) is 1. The van der Waals surface area contributed by atoms with Gasteiger partial charge in [0, 0.05) is 85.4 Å². The predicted molar refractivity (Wildman–Crippen MR) is 145 cm³/mol. The Balaban J connectivity index is 1.26. The largest absolute Gasteiger partial charge is 0.493 e. The number of hydrogen-bond acceptors (Lipinski definition) is 5. The molecule has 37 heavy (non-hydrogen) atoms. The lowest BCUT2D eigenvalue weighted by atomic mass is 10.1. The fourth-order valence-electron chi connectivity index (χ4n) is 5.25. The highest BCUT2D eigenvalue weighted by atomic mass is 19.1. The molecule has 3 aromatic heterocycles. The number of methoxy groups -OCH3 is 2. The first-order valence-electron chi connectivity index (χ1n) is 12.5. The molecule has 0 bridgehead atoms. The van der Waals surface area contributed by atoms with E-state index < -0.39 is 0 Å². The highest BCUT2D eigenvalue weighted by Gasteiger charge is 2.20. The summed E-state index contributed by atoms with van der Waals surface area (Å²) in [6.45, 7) is 5.57. The van der Waals surface area contributed by atoms with Crippen molar-refractivity contribution in [2.24, 2.45) is 0 Å². The van der Waals surface area contributed by atoms with E-state index in [4.69, 9.17) is 9.47 Å². The molecule has 1 aliphatic rings. The summed E-state index contributed by atoms with van der Waals surface area (Å²) in [5.74, 6) is 1.23. The van der Waals surface area contributed by atoms with Crippen molar-refractivity contribution >= 4 is 27.6 Å². The first-order chi connectivity index (χ1) is 18.1. The Morgan fingerprint density at radius 3 is 2.41 bits per heavy atom. The van der Waals surface area contributed by atoms with Crippen molar-refractivity contribution in [3.8, 4) is 22.8 Å². The summed E-state index contributed by atoms with van der Waals surface area (Å²) in [6.07, 6.45) is 4.01. The minimum Gasteiger partial charge on any atom is -0.493 e. The quantitative estimate of drug-likeness (QED) is 0.335. The van der Waals surface area contributed by atoms with Crippen LogP contribution in [0.2, 0.25) is 0 Å². The highest BCUT2D eigenvalue weighted by Crippen LogP contribution is 2.39. The third kappa shape index (κ3) is 4.49. The Hall–Kier alpha value is -4.04. The zero-order chi connectivity index (χ0) is 25.4. The summed E-state index contributed by atoms with van der Waals surface area (Å²) in [6, 6.07) is 17.1. The Bertz CT molecular complexity index is 1500. The number of aromatic nitrogens is 3. The highest BCUT2D eigenvalue weighted by molar-refractivity contribution is 5.99. The smallest absolute Gasteiger partial charge is 0.162 e. The van der Waals surface area contributed by atoms with E-state index in [9.17, 15) is 4.39 Å². The SMILES string of the molecule is COc1cc2c(-c3cc4cccnc4[nH]3)cn(CCN3CCN(c4ccc(F)cc4)CC3)c2cc1OC. The zero-order valence-electron chi connectivity index (χ0n) is 21.1. The van der Waals surface area contributed by atoms with Gasteiger partial charge in [-0.05, 0) is 48.5 Å². The Morgan fingerprint density at radius 2 is 1.68 bits per heavy atom. The molecule has 0 radical (unpaired) electrons. The van der Waals surface area contributed by atoms with Crippen molar-refractivity contribution in [1.82, 2.24) is 19.4 Å². The Kier molecular flexibility index (Phi) is 6.18. The second-order valence-corrected chi connectivity index (χ2v) is 9.39. The van der Waals surface area contributed by atoms with Crippen LogP contribution in [-0.2, 0) is 6.54 Å². The van der Waals surface area contributed by atoms with Crippen molar-refractivity contribution in [2.75, 3.05) is 51.8 Å². The molecule has 6 rings (SSSR count). The molecule has 2 aromatic carbocycles. The number of nitrogens with zero attached hydrogens (tertiary/aromatic N) is 4. The van der Waals surface area contributed by atoms with Crippen LogP contribution >= 0.6 is 0 Å². The first kappa shape index (κ1) is 23.4. The van der Waals surface area contributed by atoms with Gasteiger partial charge >= 0.3 is 0 Å². The lowest BCUT2D eigenvalue weighted by Crippen LogP contribution is -2.47. The maximum atomic E-state index is 13.3. The van der Waals surface area contributed by atoms with E-state index in [1.807, 2.05) is 18.2 Å². The summed E-state index contributed by atoms with van der Waals surface area (Å²) in [4.78, 5) is 12.8. The lowest BCUT2D eigenvalue weighted by molar-refractivity contribution is 0.249. The van der Waals surface area contributed by atoms with Crippen LogP contribution < -0.4 is 14.4 Å². The molecule has 1 N–H and O–H groups in total. The van der Waals surface area contributed by atoms with E-state index in [0.717, 1.165) is 78.1 Å². The topological polar surface area (TPSA) is 58.5 Å². The molecule has 190 valence electrons. The van der Waals surface area contributed by atoms with E-state index in [1.165, 1.54) is 12.1 Å². The van der Waals surface area contributed by atoms with Crippen LogP contribution in [0.4, 0.5) is 10.1 Å². The molecule has 0 atom stereocenters. The van der Waals surface area contributed by atoms with Crippen LogP contribution in [0.25, 0.3) is 33.2 Å². The maximum Gasteiger partial charge on any atom is 0.162 e. The van der Waals surface area contributed by atoms with Gasteiger partial charge < -0.3 is 23.9 Å². The summed E-state index contributed by atoms with van der Waals surface area (Å²) in [5, 5.41) is 2.18. The minimum atomic E-state index is -0.196. The van der Waals surface area contributed by atoms with Crippen molar-refractivity contribution in [3.63, 3.8) is 0 Å². The predicted octanol–water partition coefficient (Wildman–Crippen LogP) is 5.16. The summed E-state index contributed by atoms with van der Waals surface area (Å²) < 4.78 is 26.8. The van der Waals surface area contributed by atoms with Gasteiger partial charge in [0.25, 0.3) is 0 Å². The number of benzene rings is 2. The number of rotatable bonds is 7. The number of fused-ring (bicyclic) bond motifs is 2. The molecular weight excluding hydrogens is 469 g/mol. The third-order valence-electron chi connectivity index (χ3n) is 7.29. The number of pyridine rings is 1. The maximum absolute atomic E-state index is 13.3. The average molecular weight is 500 g/mol. The molecule has 5 aromatic rings. The van der Waals surface area contributed by atoms with E-state index >= 15 is 0 Å². The Labute approximate surface area is 215 Å². The summed E-state index contributed by atoms with van der Waals surface area (Å²) in [7, 11) is 3.33. The van der Waals surface area contributed by atoms with Gasteiger partial charge in [0.2, 0.25) is 0 Å². The standard InChI is InChI=1S/C29H30FN5O2/c1-36-27-17-23-24(25-16-20-4-3-9-31-29(20)32-25)19-35(26(23)18-28(27)37-2)15-12-33-10-13-34(14-11-33)22-7-5-21(30)6-8-22/h3-9,16-19H,10-15H2,1-2H3,(H,31,32). The molecule has 1 fully saturated rings. The monoisotopic (exact) mass is 499 g/mol. The zero-order valence-corrected chi connectivity index (χ0v) is 21.1. The van der Waals surface area contributed by atoms with E-state index in [2.05, 4.69) is 54.8 Å². The van der Waals surface area contributed by atoms with Gasteiger partial charge in [-0.1, -0.05) is 0 Å². The van der Waals surface area contributed by atoms with E-state index in [0.29, 0.717) is 11.5 Å². The number of ether oxygens (including phenoxy) is 2. The van der Waals surface area contributed by atoms with Crippen LogP contribution in [-0.4, -0.2) is 66.4 Å². The van der Waals surface area contributed by atoms with Gasteiger partial charge in [-0.3, -0.25) is 4.90 Å². The molecule has 0 unspecified atom stereocenters. The average Bonchev–Trinajstić information content (AvgIpc) is 3.53. The number of halogens is 1. The van der Waals surface area contributed by atoms with Crippen LogP contribution in [0.15, 0.2) is 67.0 Å². The van der Waals surface area contributed by atoms with Crippen molar-refractivity contribution in [2.45, 2.75) is 6.54 Å². The molecule has 0 amide bonds. The van der Waals surface area contributed by atoms with Crippen LogP contribution in [0.1, 0.15) is 0 Å². The Morgan fingerprint density at radius 1 is 0.919 bits per heavy atom. The van der Waals surface area contributed by atoms with Gasteiger partial charge in [0.15, 0.2) is 11.5 Å². The van der Waals surface area contributed by atoms with E-state index in [-0.39, 0.29) is 5.82 Å². The fourth-order valence-corrected chi connectivity index (χ4v) is 5.25. The molecular formula is C29H30FN5O2. The molecule has 4 heterocycles. The molecule has 1 saturated heterocycles. The summed E-state index contributed by atoms with van der Waals surface area (Å²) in [5.41, 5.74) is 5.19. The fraction of sp³-hybridized carbons (Fsp3) is 0.276. The third-order valence-corrected chi connectivity index (χ3v) is 7.29. The number of hydrogen-bond donors (Lipinski definition) is 1. The van der Waals surface area contributed by atoms with Gasteiger partial charge in [-0.2, -0.15) is 0 Å². The number of aromatic amines is 1. The number of H-pyrrole nitrogens is 1. The van der Waals surface area contributed by atoms with Crippen LogP contribution in [0.3, 0.4) is 0 Å². The molecule has 0 aliphatic carbocycles. The van der Waals surface area contributed by atoms with Crippen molar-refractivity contribution < 1.29 is 13.9 Å². The number of anilines is 1. The van der Waals surface area contributed by atoms with Gasteiger partial charge in [0.05, 0.1) is 19.7 Å². The van der Waals surface area contributed by atoms with Crippen molar-refractivity contribution in [3.05, 3.63) is 72.8 Å². The molecule has 7 nitrogen and oxygen atoms in total. The van der Waals surface area contributed by atoms with Gasteiger partial charge in [-0.25, -0.2) is 9.37 Å². The van der Waals surface area contributed by atoms with Gasteiger partial charge in [-0.15, -0.1) is 0 Å². The normalized spacial score (nSPS) is 14.5. The molecule has 1 aliphatic heterocycles. The minimum absolute atomic E-state index is 0.196. The molecule has 8 heteroatoms. The first-order valence-corrected chi connectivity index (χ1v) is 12.5. The second-order valence-electron chi connectivity index (χ2n) is 9.39. The second kappa shape index (κ2) is 9.78. The number of piperazine rings is 1.